The van der Waals surface area contributed by atoms with Crippen molar-refractivity contribution >= 4 is 73.7 Å². The van der Waals surface area contributed by atoms with Gasteiger partial charge in [0, 0.05) is 139 Å². The monoisotopic (exact) mass is 1870 g/mol. The molecule has 24 rings (SSSR count). The minimum Gasteiger partial charge on any atom is -0.457 e. The third-order valence-corrected chi connectivity index (χ3v) is 42.2. The molecule has 18 nitrogen and oxygen atoms in total. The number of allylic oxidation sites excluding steroid dienone is 4. The van der Waals surface area contributed by atoms with E-state index in [0.717, 1.165) is 268 Å². The number of anilines is 3. The van der Waals surface area contributed by atoms with E-state index < -0.39 is 0 Å². The van der Waals surface area contributed by atoms with E-state index in [4.69, 9.17) is 33.5 Å². The molecule has 2 N–H and O–H groups in total. The molecule has 18 heteroatoms. The lowest BCUT2D eigenvalue weighted by Crippen LogP contribution is -2.54. The molecule has 0 spiro atoms. The third-order valence-electron chi connectivity index (χ3n) is 42.2. The summed E-state index contributed by atoms with van der Waals surface area (Å²) in [4.78, 5) is 83.1. The number of hydrogen-bond donors (Lipinski definition) is 2. The zero-order chi connectivity index (χ0) is 94.2. The highest BCUT2D eigenvalue weighted by Gasteiger charge is 2.64. The number of ether oxygens (including phenoxy) is 3. The van der Waals surface area contributed by atoms with Crippen molar-refractivity contribution in [1.82, 2.24) is 0 Å². The Hall–Kier alpha value is -7.67. The van der Waals surface area contributed by atoms with Crippen LogP contribution in [0.4, 0.5) is 17.1 Å². The van der Waals surface area contributed by atoms with E-state index in [1.54, 1.807) is 6.07 Å². The number of fused-ring (bicyclic) bond motifs is 21. The van der Waals surface area contributed by atoms with Gasteiger partial charge in [-0.15, -0.1) is 0 Å². The Balaban J connectivity index is 0.000000119. The van der Waals surface area contributed by atoms with Crippen LogP contribution in [0.25, 0.3) is 22.1 Å². The van der Waals surface area contributed by atoms with Crippen LogP contribution in [0.3, 0.4) is 0 Å². The zero-order valence-electron chi connectivity index (χ0n) is 84.0. The normalized spacial score (nSPS) is 36.4. The number of Topliss-reactive ketones (excluding diaryl/α,β-unsaturated/α-hetero) is 4. The van der Waals surface area contributed by atoms with Gasteiger partial charge in [0.05, 0.1) is 29.7 Å². The quantitative estimate of drug-likeness (QED) is 0.0585. The molecule has 0 bridgehead atoms. The van der Waals surface area contributed by atoms with Gasteiger partial charge < -0.3 is 53.2 Å². The molecule has 0 radical (unpaired) electrons. The lowest BCUT2D eigenvalue weighted by atomic mass is 9.45. The number of carbonyl (C=O) groups is 4. The van der Waals surface area contributed by atoms with Crippen LogP contribution in [0.2, 0.25) is 0 Å². The second-order valence-corrected chi connectivity index (χ2v) is 49.1. The SMILES string of the molecule is C=C1C=C(CCCC(=O)CO/N=C2/CC[C@H]3[C@@H]4CC[C@H]5C[C@H](O)CC[C@]5(C)[C@H]4CC[C@]23C)c2cc3c4c(c2O1)CCCN4CCC3.C=C1C=C(CCCC(=O)CO[C@H]2CC[C@H]3[C@@H]4CC[C@H]5C[C@H](O)CC[C@]5(C)[C@H]4CC[C@]23C)c2cc3c4c(c2O1)CCCN4CCC3.C[C@]12CCC(=O)C[C@@H]1CC[C@@H]1[C@@H]2CC[C@]2(C)/C(=N\OCC(=O)CCCc3cc(=O)oc4c5c6c(cc34)CCCN6CCC5)CC[C@@H]12. The summed E-state index contributed by atoms with van der Waals surface area (Å²) >= 11 is 0. The number of aryl methyl sites for hydroxylation is 5. The molecule has 0 saturated heterocycles. The smallest absolute Gasteiger partial charge is 0.336 e. The molecular weight excluding hydrogens is 1710 g/mol. The maximum atomic E-state index is 13.2. The second-order valence-electron chi connectivity index (χ2n) is 49.1. The van der Waals surface area contributed by atoms with Crippen molar-refractivity contribution in [1.29, 1.82) is 0 Å². The Labute approximate surface area is 815 Å². The molecule has 8 aliphatic heterocycles. The summed E-state index contributed by atoms with van der Waals surface area (Å²) < 4.78 is 24.9. The molecule has 21 atom stereocenters. The van der Waals surface area contributed by atoms with Crippen LogP contribution in [0, 0.1) is 104 Å². The van der Waals surface area contributed by atoms with E-state index >= 15 is 0 Å². The van der Waals surface area contributed by atoms with E-state index in [9.17, 15) is 34.2 Å². The Bertz CT molecular complexity index is 5590. The van der Waals surface area contributed by atoms with Gasteiger partial charge in [-0.1, -0.05) is 65.0 Å². The minimum atomic E-state index is -0.300. The number of hydrogen-bond acceptors (Lipinski definition) is 18. The molecule has 137 heavy (non-hydrogen) atoms. The highest BCUT2D eigenvalue weighted by atomic mass is 16.6. The molecule has 1 aromatic heterocycles. The molecule has 738 valence electrons. The number of aliphatic hydroxyl groups excluding tert-OH is 2. The number of rotatable bonds is 21. The van der Waals surface area contributed by atoms with E-state index in [2.05, 4.69) is 105 Å². The fourth-order valence-electron chi connectivity index (χ4n) is 35.2. The second kappa shape index (κ2) is 37.9. The average Bonchev–Trinajstić information content (AvgIpc) is 0.818. The molecular formula is C119H159N5O13. The van der Waals surface area contributed by atoms with Crippen LogP contribution in [0.1, 0.15) is 355 Å². The summed E-state index contributed by atoms with van der Waals surface area (Å²) in [6.45, 7) is 30.4. The van der Waals surface area contributed by atoms with Gasteiger partial charge in [-0.25, -0.2) is 4.79 Å². The van der Waals surface area contributed by atoms with E-state index in [-0.39, 0.29) is 77.4 Å². The number of aliphatic hydroxyl groups is 2. The molecule has 0 unspecified atom stereocenters. The van der Waals surface area contributed by atoms with E-state index in [1.807, 2.05) is 0 Å². The van der Waals surface area contributed by atoms with Gasteiger partial charge in [-0.2, -0.15) is 0 Å². The standard InChI is InChI=1S/C40H54N2O4.C40H55NO4.C39H50N2O5/c1-25-21-26(33-22-27-8-5-19-42-20-6-10-32(37(27)42)38(33)46-25)7-4-9-30(44)24-45-41-36-14-13-34-31-12-11-28-23-29(43)15-17-39(28,2)35(31)16-18-40(34,36)3;1-25-21-26(33-22-27-8-5-19-41-20-6-10-32(37(27)41)38(33)45-25)7-4-9-30(43)24-44-36-14-13-34-31-12-11-28-23-29(42)15-17-39(28,2)35(31)16-18-40(34,36)3;1-38-16-14-27(42)22-26(38)10-11-29-32-12-13-34(39(32,2)17-15-33(29)38)40-45-23-28(43)8-3-6-24-21-35(44)46-37-30-9-5-19-41-18-4-7-25(36(30)41)20-31(24)37/h21-22,28-29,31,34-35,43H,1,4-20,23-24H2,2-3H3;21-22,28-29,31,34-36,42H,1,4-20,23-24H2,2-3H3;20-21,26,29,32-33H,3-19,22-23H2,1-2H3/b41-36-;;40-34-/t28-,29+,31-,34-,35-,39-,40-;28-,29+,31-,34-,35-,36-,39-,40-;26-,29-,32-,33-,38-,39-/m000/s1. The van der Waals surface area contributed by atoms with Gasteiger partial charge in [0.25, 0.3) is 0 Å². The van der Waals surface area contributed by atoms with Crippen molar-refractivity contribution in [2.75, 3.05) is 73.8 Å². The molecule has 12 aliphatic carbocycles. The summed E-state index contributed by atoms with van der Waals surface area (Å²) in [5, 5.41) is 31.1. The molecule has 20 aliphatic rings. The lowest BCUT2D eigenvalue weighted by Gasteiger charge is -2.60. The largest absolute Gasteiger partial charge is 0.457 e. The predicted molar refractivity (Wildman–Crippen MR) is 542 cm³/mol. The van der Waals surface area contributed by atoms with Gasteiger partial charge in [0.15, 0.2) is 30.6 Å². The summed E-state index contributed by atoms with van der Waals surface area (Å²) in [6.07, 6.45) is 54.4. The zero-order valence-corrected chi connectivity index (χ0v) is 84.0. The van der Waals surface area contributed by atoms with Gasteiger partial charge in [-0.3, -0.25) is 19.2 Å². The van der Waals surface area contributed by atoms with Crippen LogP contribution in [0.15, 0.2) is 80.6 Å². The lowest BCUT2D eigenvalue weighted by molar-refractivity contribution is -0.146. The average molecular weight is 1870 g/mol. The maximum absolute atomic E-state index is 13.2. The van der Waals surface area contributed by atoms with Crippen molar-refractivity contribution in [3.63, 3.8) is 0 Å². The summed E-state index contributed by atoms with van der Waals surface area (Å²) in [6, 6.07) is 8.62. The first-order valence-electron chi connectivity index (χ1n) is 55.6. The molecule has 9 heterocycles. The van der Waals surface area contributed by atoms with Crippen molar-refractivity contribution in [3.8, 4) is 11.5 Å². The van der Waals surface area contributed by atoms with E-state index in [0.29, 0.717) is 95.4 Å². The molecule has 12 fully saturated rings. The number of oxime groups is 2. The van der Waals surface area contributed by atoms with Crippen molar-refractivity contribution in [2.45, 2.75) is 368 Å². The Morgan fingerprint density at radius 3 is 1.39 bits per heavy atom. The molecule has 4 aromatic rings. The molecule has 0 amide bonds. The van der Waals surface area contributed by atoms with Gasteiger partial charge in [0.1, 0.15) is 41.0 Å². The number of carbonyl (C=O) groups excluding carboxylic acids is 4. The van der Waals surface area contributed by atoms with Crippen molar-refractivity contribution in [3.05, 3.63) is 122 Å². The van der Waals surface area contributed by atoms with Gasteiger partial charge >= 0.3 is 5.63 Å². The summed E-state index contributed by atoms with van der Waals surface area (Å²) in [5.74, 6) is 12.9. The van der Waals surface area contributed by atoms with Crippen molar-refractivity contribution < 1.29 is 57.7 Å². The van der Waals surface area contributed by atoms with Crippen LogP contribution < -0.4 is 29.8 Å². The molecule has 3 aromatic carbocycles. The predicted octanol–water partition coefficient (Wildman–Crippen LogP) is 23.8. The summed E-state index contributed by atoms with van der Waals surface area (Å²) in [5.41, 5.74) is 22.6. The minimum absolute atomic E-state index is 0.00917. The third kappa shape index (κ3) is 17.2. The van der Waals surface area contributed by atoms with Crippen LogP contribution in [-0.4, -0.2) is 122 Å². The Kier molecular flexibility index (Phi) is 26.1. The molecule has 12 saturated carbocycles. The van der Waals surface area contributed by atoms with Crippen LogP contribution in [-0.2, 0) is 78.5 Å². The van der Waals surface area contributed by atoms with Crippen LogP contribution >= 0.6 is 0 Å². The Morgan fingerprint density at radius 1 is 0.438 bits per heavy atom. The fraction of sp³-hybridized carbons (Fsp3) is 0.706. The highest BCUT2D eigenvalue weighted by Crippen LogP contribution is 2.70. The Morgan fingerprint density at radius 2 is 0.869 bits per heavy atom. The first-order chi connectivity index (χ1) is 66.2. The topological polar surface area (TPSA) is 220 Å². The van der Waals surface area contributed by atoms with Gasteiger partial charge in [-0.05, 0) is 433 Å². The van der Waals surface area contributed by atoms with Crippen molar-refractivity contribution in [2.24, 2.45) is 114 Å². The number of benzene rings is 3. The summed E-state index contributed by atoms with van der Waals surface area (Å²) in [7, 11) is 0. The first kappa shape index (κ1) is 94.2. The number of nitrogens with zero attached hydrogens (tertiary/aromatic N) is 5. The first-order valence-corrected chi connectivity index (χ1v) is 55.6. The van der Waals surface area contributed by atoms with Gasteiger partial charge in [0.2, 0.25) is 0 Å². The number of ketones is 4. The van der Waals surface area contributed by atoms with Crippen LogP contribution in [0.5, 0.6) is 11.5 Å². The maximum Gasteiger partial charge on any atom is 0.336 e. The highest BCUT2D eigenvalue weighted by molar-refractivity contribution is 5.94. The van der Waals surface area contributed by atoms with E-state index in [1.165, 1.54) is 200 Å². The fourth-order valence-corrected chi connectivity index (χ4v) is 35.2.